The molecule has 14 rings (SSSR count). The number of anilines is 3. The molecular weight excluding hydrogens is 827 g/mol. The van der Waals surface area contributed by atoms with Crippen LogP contribution in [0, 0.1) is 0 Å². The topological polar surface area (TPSA) is 3.24 Å². The summed E-state index contributed by atoms with van der Waals surface area (Å²) >= 11 is 1.89. The largest absolute Gasteiger partial charge is 0.310 e. The van der Waals surface area contributed by atoms with Crippen LogP contribution in [0.3, 0.4) is 0 Å². The molecule has 0 amide bonds. The van der Waals surface area contributed by atoms with E-state index >= 15 is 0 Å². The summed E-state index contributed by atoms with van der Waals surface area (Å²) in [4.78, 5) is 2.47. The average Bonchev–Trinajstić information content (AvgIpc) is 4.02. The lowest BCUT2D eigenvalue weighted by Gasteiger charge is -2.32. The lowest BCUT2D eigenvalue weighted by molar-refractivity contribution is 0.795. The summed E-state index contributed by atoms with van der Waals surface area (Å²) in [6, 6.07) is 92.7. The number of rotatable bonds is 6. The Morgan fingerprint density at radius 2 is 0.851 bits per heavy atom. The fraction of sp³-hybridized carbons (Fsp3) is 0.0154. The Morgan fingerprint density at radius 3 is 1.63 bits per heavy atom. The van der Waals surface area contributed by atoms with Crippen molar-refractivity contribution >= 4 is 59.3 Å². The van der Waals surface area contributed by atoms with E-state index in [0.717, 1.165) is 17.1 Å². The quantitative estimate of drug-likeness (QED) is 0.161. The minimum Gasteiger partial charge on any atom is -0.310 e. The zero-order valence-corrected chi connectivity index (χ0v) is 37.3. The lowest BCUT2D eigenvalue weighted by Crippen LogP contribution is -2.26. The number of hydrogen-bond acceptors (Lipinski definition) is 2. The minimum absolute atomic E-state index is 0.491. The van der Waals surface area contributed by atoms with E-state index in [-0.39, 0.29) is 0 Å². The van der Waals surface area contributed by atoms with Gasteiger partial charge in [0.05, 0.1) is 5.41 Å². The molecule has 67 heavy (non-hydrogen) atoms. The van der Waals surface area contributed by atoms with E-state index in [9.17, 15) is 0 Å². The van der Waals surface area contributed by atoms with Crippen molar-refractivity contribution in [3.05, 3.63) is 271 Å². The van der Waals surface area contributed by atoms with Crippen LogP contribution in [-0.4, -0.2) is 0 Å². The smallest absolute Gasteiger partial charge is 0.0726 e. The van der Waals surface area contributed by atoms with Gasteiger partial charge in [-0.25, -0.2) is 0 Å². The van der Waals surface area contributed by atoms with Crippen LogP contribution in [0.5, 0.6) is 0 Å². The Balaban J connectivity index is 0.995. The van der Waals surface area contributed by atoms with E-state index in [2.05, 4.69) is 254 Å². The first-order valence-electron chi connectivity index (χ1n) is 23.2. The fourth-order valence-corrected chi connectivity index (χ4v) is 12.7. The predicted molar refractivity (Wildman–Crippen MR) is 284 cm³/mol. The molecule has 0 saturated heterocycles. The molecule has 2 aliphatic carbocycles. The average molecular weight is 868 g/mol. The summed E-state index contributed by atoms with van der Waals surface area (Å²) in [5, 5.41) is 5.12. The maximum absolute atomic E-state index is 2.51. The van der Waals surface area contributed by atoms with Gasteiger partial charge in [0.2, 0.25) is 0 Å². The highest BCUT2D eigenvalue weighted by molar-refractivity contribution is 7.26. The van der Waals surface area contributed by atoms with Crippen LogP contribution in [0.25, 0.3) is 86.6 Å². The first kappa shape index (κ1) is 38.0. The van der Waals surface area contributed by atoms with E-state index in [1.807, 2.05) is 11.3 Å². The van der Waals surface area contributed by atoms with Gasteiger partial charge in [0.1, 0.15) is 0 Å². The van der Waals surface area contributed by atoms with Crippen molar-refractivity contribution in [3.8, 4) is 55.6 Å². The van der Waals surface area contributed by atoms with E-state index in [1.54, 1.807) is 0 Å². The van der Waals surface area contributed by atoms with Crippen molar-refractivity contribution in [1.29, 1.82) is 0 Å². The van der Waals surface area contributed by atoms with Gasteiger partial charge < -0.3 is 4.90 Å². The van der Waals surface area contributed by atoms with Gasteiger partial charge in [-0.1, -0.05) is 182 Å². The molecule has 1 nitrogen and oxygen atoms in total. The normalized spacial score (nSPS) is 14.3. The molecule has 1 unspecified atom stereocenters. The number of fused-ring (bicyclic) bond motifs is 14. The summed E-state index contributed by atoms with van der Waals surface area (Å²) in [5.41, 5.74) is 20.6. The minimum atomic E-state index is -0.491. The van der Waals surface area contributed by atoms with Gasteiger partial charge in [-0.15, -0.1) is 11.3 Å². The molecule has 1 spiro atoms. The van der Waals surface area contributed by atoms with Crippen LogP contribution < -0.4 is 4.90 Å². The van der Waals surface area contributed by atoms with Crippen molar-refractivity contribution in [2.24, 2.45) is 0 Å². The van der Waals surface area contributed by atoms with Gasteiger partial charge in [-0.2, -0.15) is 0 Å². The highest BCUT2D eigenvalue weighted by atomic mass is 32.1. The second-order valence-electron chi connectivity index (χ2n) is 18.0. The van der Waals surface area contributed by atoms with Crippen molar-refractivity contribution in [1.82, 2.24) is 0 Å². The van der Waals surface area contributed by atoms with Crippen molar-refractivity contribution < 1.29 is 0 Å². The van der Waals surface area contributed by atoms with Gasteiger partial charge in [-0.05, 0) is 150 Å². The number of thiophene rings is 1. The van der Waals surface area contributed by atoms with Crippen LogP contribution in [-0.2, 0) is 5.41 Å². The predicted octanol–water partition coefficient (Wildman–Crippen LogP) is 18.0. The maximum atomic E-state index is 2.51. The van der Waals surface area contributed by atoms with E-state index in [0.29, 0.717) is 0 Å². The Bertz CT molecular complexity index is 3920. The Morgan fingerprint density at radius 1 is 0.284 bits per heavy atom. The molecule has 12 aromatic rings. The van der Waals surface area contributed by atoms with E-state index in [1.165, 1.54) is 109 Å². The van der Waals surface area contributed by atoms with Crippen LogP contribution in [0.2, 0.25) is 0 Å². The van der Waals surface area contributed by atoms with Crippen LogP contribution in [0.15, 0.2) is 249 Å². The van der Waals surface area contributed by atoms with Gasteiger partial charge in [-0.3, -0.25) is 0 Å². The summed E-state index contributed by atoms with van der Waals surface area (Å²) in [6.07, 6.45) is 0. The molecule has 2 heteroatoms. The Kier molecular flexibility index (Phi) is 8.44. The molecule has 0 saturated carbocycles. The molecule has 312 valence electrons. The summed E-state index contributed by atoms with van der Waals surface area (Å²) in [6.45, 7) is 0. The first-order valence-corrected chi connectivity index (χ1v) is 24.0. The third kappa shape index (κ3) is 5.73. The standard InChI is InChI=1S/C65H41NS/c1-3-16-42(17-4-1)43-30-32-49(33-31-43)66(50-23-15-22-45(36-50)48-38-56(44-18-5-2-6-19-44)64-58(39-48)55-26-11-14-29-63(55)67-64)51-34-35-54-52-24-9-12-27-59(52)65(62(54)41-51)60-28-13-10-25-53(60)57-37-46-20-7-8-21-47(46)40-61(57)65/h1-41H. The van der Waals surface area contributed by atoms with E-state index < -0.39 is 5.41 Å². The monoisotopic (exact) mass is 867 g/mol. The lowest BCUT2D eigenvalue weighted by atomic mass is 9.70. The molecule has 0 aliphatic heterocycles. The molecular formula is C65H41NS. The van der Waals surface area contributed by atoms with Crippen LogP contribution in [0.1, 0.15) is 22.3 Å². The number of benzene rings is 11. The fourth-order valence-electron chi connectivity index (χ4n) is 11.5. The SMILES string of the molecule is c1ccc(-c2ccc(N(c3cccc(-c4cc(-c5ccccc5)c5sc6ccccc6c5c4)c3)c3ccc4c(c3)C3(c5ccccc5-4)c4ccccc4-c4cc5ccccc5cc43)cc2)cc1. The molecule has 0 bridgehead atoms. The Hall–Kier alpha value is -8.30. The van der Waals surface area contributed by atoms with Gasteiger partial charge in [0, 0.05) is 42.8 Å². The zero-order valence-electron chi connectivity index (χ0n) is 36.5. The Labute approximate surface area is 394 Å². The third-order valence-electron chi connectivity index (χ3n) is 14.4. The van der Waals surface area contributed by atoms with E-state index in [4.69, 9.17) is 0 Å². The maximum Gasteiger partial charge on any atom is 0.0726 e. The van der Waals surface area contributed by atoms with Gasteiger partial charge in [0.15, 0.2) is 0 Å². The number of nitrogens with zero attached hydrogens (tertiary/aromatic N) is 1. The summed E-state index contributed by atoms with van der Waals surface area (Å²) < 4.78 is 2.63. The van der Waals surface area contributed by atoms with Crippen LogP contribution in [0.4, 0.5) is 17.1 Å². The summed E-state index contributed by atoms with van der Waals surface area (Å²) in [7, 11) is 0. The molecule has 1 atom stereocenters. The van der Waals surface area contributed by atoms with Crippen molar-refractivity contribution in [2.75, 3.05) is 4.90 Å². The van der Waals surface area contributed by atoms with Crippen LogP contribution >= 0.6 is 11.3 Å². The van der Waals surface area contributed by atoms with Gasteiger partial charge >= 0.3 is 0 Å². The molecule has 0 radical (unpaired) electrons. The molecule has 11 aromatic carbocycles. The van der Waals surface area contributed by atoms with Gasteiger partial charge in [0.25, 0.3) is 0 Å². The zero-order chi connectivity index (χ0) is 44.1. The summed E-state index contributed by atoms with van der Waals surface area (Å²) in [5.74, 6) is 0. The number of hydrogen-bond donors (Lipinski definition) is 0. The van der Waals surface area contributed by atoms with Crippen molar-refractivity contribution in [3.63, 3.8) is 0 Å². The second kappa shape index (κ2) is 14.9. The second-order valence-corrected chi connectivity index (χ2v) is 19.0. The van der Waals surface area contributed by atoms with Crippen molar-refractivity contribution in [2.45, 2.75) is 5.41 Å². The molecule has 1 aromatic heterocycles. The highest BCUT2D eigenvalue weighted by Gasteiger charge is 2.52. The molecule has 2 aliphatic rings. The third-order valence-corrected chi connectivity index (χ3v) is 15.7. The highest BCUT2D eigenvalue weighted by Crippen LogP contribution is 2.64. The molecule has 0 N–H and O–H groups in total. The molecule has 0 fully saturated rings. The first-order chi connectivity index (χ1) is 33.2. The molecule has 1 heterocycles.